The summed E-state index contributed by atoms with van der Waals surface area (Å²) in [7, 11) is 1.44. The highest BCUT2D eigenvalue weighted by molar-refractivity contribution is 6.07. The van der Waals surface area contributed by atoms with Crippen molar-refractivity contribution in [3.05, 3.63) is 53.5 Å². The Morgan fingerprint density at radius 1 is 1.29 bits per heavy atom. The van der Waals surface area contributed by atoms with Crippen LogP contribution in [0.3, 0.4) is 0 Å². The average molecular weight is 290 g/mol. The Kier molecular flexibility index (Phi) is 4.13. The van der Waals surface area contributed by atoms with Gasteiger partial charge < -0.3 is 15.2 Å². The van der Waals surface area contributed by atoms with Gasteiger partial charge in [0, 0.05) is 12.3 Å². The molecule has 0 aliphatic rings. The van der Waals surface area contributed by atoms with Crippen LogP contribution in [0.4, 0.5) is 10.1 Å². The van der Waals surface area contributed by atoms with Crippen molar-refractivity contribution in [2.24, 2.45) is 0 Å². The number of benzene rings is 1. The fourth-order valence-corrected chi connectivity index (χ4v) is 1.68. The van der Waals surface area contributed by atoms with Crippen molar-refractivity contribution < 1.29 is 23.8 Å². The molecule has 2 N–H and O–H groups in total. The van der Waals surface area contributed by atoms with Gasteiger partial charge in [0.05, 0.1) is 18.4 Å². The molecule has 1 amide bonds. The van der Waals surface area contributed by atoms with Gasteiger partial charge >= 0.3 is 5.97 Å². The first-order chi connectivity index (χ1) is 10.0. The number of aromatic nitrogens is 1. The fourth-order valence-electron chi connectivity index (χ4n) is 1.68. The molecule has 0 unspecified atom stereocenters. The van der Waals surface area contributed by atoms with Gasteiger partial charge in [-0.15, -0.1) is 0 Å². The van der Waals surface area contributed by atoms with Crippen LogP contribution in [0, 0.1) is 5.82 Å². The van der Waals surface area contributed by atoms with E-state index in [9.17, 15) is 14.0 Å². The maximum Gasteiger partial charge on any atom is 0.340 e. The second-order valence-electron chi connectivity index (χ2n) is 4.01. The molecular weight excluding hydrogens is 279 g/mol. The number of ether oxygens (including phenoxy) is 1. The second-order valence-corrected chi connectivity index (χ2v) is 4.01. The maximum absolute atomic E-state index is 13.5. The number of hydrogen-bond acceptors (Lipinski definition) is 4. The normalized spacial score (nSPS) is 10.0. The Hall–Kier alpha value is -2.96. The zero-order valence-corrected chi connectivity index (χ0v) is 11.0. The highest BCUT2D eigenvalue weighted by atomic mass is 19.1. The van der Waals surface area contributed by atoms with E-state index in [-0.39, 0.29) is 11.3 Å². The summed E-state index contributed by atoms with van der Waals surface area (Å²) in [5, 5.41) is 11.3. The van der Waals surface area contributed by atoms with Crippen LogP contribution in [0.15, 0.2) is 36.5 Å². The van der Waals surface area contributed by atoms with Gasteiger partial charge in [-0.1, -0.05) is 6.07 Å². The number of methoxy groups -OCH3 is 1. The van der Waals surface area contributed by atoms with E-state index in [1.165, 1.54) is 37.6 Å². The minimum atomic E-state index is -1.46. The topological polar surface area (TPSA) is 88.5 Å². The van der Waals surface area contributed by atoms with E-state index in [0.29, 0.717) is 5.88 Å². The van der Waals surface area contributed by atoms with Crippen LogP contribution in [-0.4, -0.2) is 29.1 Å². The van der Waals surface area contributed by atoms with E-state index in [0.717, 1.165) is 6.07 Å². The van der Waals surface area contributed by atoms with Gasteiger partial charge in [0.25, 0.3) is 5.91 Å². The molecule has 0 radical (unpaired) electrons. The largest absolute Gasteiger partial charge is 0.481 e. The zero-order chi connectivity index (χ0) is 15.4. The third-order valence-corrected chi connectivity index (χ3v) is 2.68. The molecule has 7 heteroatoms. The molecule has 21 heavy (non-hydrogen) atoms. The van der Waals surface area contributed by atoms with Crippen LogP contribution < -0.4 is 10.1 Å². The van der Waals surface area contributed by atoms with Crippen LogP contribution >= 0.6 is 0 Å². The predicted molar refractivity (Wildman–Crippen MR) is 72.1 cm³/mol. The standard InChI is InChI=1S/C14H11FN2O4/c1-21-11-6-5-8(7-16-11)13(18)17-10-4-2-3-9(15)12(10)14(19)20/h2-7H,1H3,(H,17,18)(H,19,20). The van der Waals surface area contributed by atoms with Crippen LogP contribution in [-0.2, 0) is 0 Å². The molecule has 0 atom stereocenters. The molecule has 2 aromatic rings. The van der Waals surface area contributed by atoms with Crippen LogP contribution in [0.5, 0.6) is 5.88 Å². The van der Waals surface area contributed by atoms with Crippen molar-refractivity contribution in [3.8, 4) is 5.88 Å². The minimum Gasteiger partial charge on any atom is -0.481 e. The Bertz CT molecular complexity index is 686. The SMILES string of the molecule is COc1ccc(C(=O)Nc2cccc(F)c2C(=O)O)cn1. The summed E-state index contributed by atoms with van der Waals surface area (Å²) in [5.41, 5.74) is -0.521. The van der Waals surface area contributed by atoms with Gasteiger partial charge in [0.1, 0.15) is 11.4 Å². The Morgan fingerprint density at radius 2 is 2.05 bits per heavy atom. The number of halogens is 1. The number of hydrogen-bond donors (Lipinski definition) is 2. The molecule has 2 rings (SSSR count). The lowest BCUT2D eigenvalue weighted by molar-refractivity contribution is 0.0693. The van der Waals surface area contributed by atoms with E-state index in [2.05, 4.69) is 10.3 Å². The summed E-state index contributed by atoms with van der Waals surface area (Å²) >= 11 is 0. The number of anilines is 1. The third kappa shape index (κ3) is 3.14. The zero-order valence-electron chi connectivity index (χ0n) is 11.0. The van der Waals surface area contributed by atoms with Gasteiger partial charge in [-0.25, -0.2) is 14.2 Å². The summed E-state index contributed by atoms with van der Waals surface area (Å²) in [6.45, 7) is 0. The molecule has 6 nitrogen and oxygen atoms in total. The van der Waals surface area contributed by atoms with Crippen molar-refractivity contribution in [1.29, 1.82) is 0 Å². The summed E-state index contributed by atoms with van der Waals surface area (Å²) in [5.74, 6) is -2.65. The summed E-state index contributed by atoms with van der Waals surface area (Å²) in [6.07, 6.45) is 1.27. The number of aromatic carboxylic acids is 1. The Labute approximate surface area is 119 Å². The lowest BCUT2D eigenvalue weighted by Crippen LogP contribution is -2.16. The molecule has 0 spiro atoms. The predicted octanol–water partition coefficient (Wildman–Crippen LogP) is 2.18. The number of nitrogens with one attached hydrogen (secondary N) is 1. The van der Waals surface area contributed by atoms with Gasteiger partial charge in [-0.3, -0.25) is 4.79 Å². The molecule has 0 aliphatic carbocycles. The molecule has 0 aliphatic heterocycles. The van der Waals surface area contributed by atoms with E-state index in [1.807, 2.05) is 0 Å². The highest BCUT2D eigenvalue weighted by Crippen LogP contribution is 2.20. The van der Waals surface area contributed by atoms with Gasteiger partial charge in [-0.05, 0) is 18.2 Å². The van der Waals surface area contributed by atoms with Crippen molar-refractivity contribution in [2.45, 2.75) is 0 Å². The van der Waals surface area contributed by atoms with Crippen molar-refractivity contribution >= 4 is 17.6 Å². The third-order valence-electron chi connectivity index (χ3n) is 2.68. The number of pyridine rings is 1. The molecule has 0 bridgehead atoms. The van der Waals surface area contributed by atoms with Crippen LogP contribution in [0.2, 0.25) is 0 Å². The number of carboxylic acids is 1. The van der Waals surface area contributed by atoms with E-state index in [4.69, 9.17) is 9.84 Å². The number of amides is 1. The number of nitrogens with zero attached hydrogens (tertiary/aromatic N) is 1. The van der Waals surface area contributed by atoms with Gasteiger partial charge in [0.2, 0.25) is 5.88 Å². The molecule has 0 saturated carbocycles. The molecule has 108 valence electrons. The lowest BCUT2D eigenvalue weighted by atomic mass is 10.1. The molecule has 1 aromatic carbocycles. The number of rotatable bonds is 4. The average Bonchev–Trinajstić information content (AvgIpc) is 2.47. The smallest absolute Gasteiger partial charge is 0.340 e. The number of carboxylic acid groups (broad SMARTS) is 1. The van der Waals surface area contributed by atoms with Crippen molar-refractivity contribution in [3.63, 3.8) is 0 Å². The Balaban J connectivity index is 2.27. The first-order valence-electron chi connectivity index (χ1n) is 5.86. The Morgan fingerprint density at radius 3 is 2.62 bits per heavy atom. The minimum absolute atomic E-state index is 0.122. The van der Waals surface area contributed by atoms with E-state index in [1.54, 1.807) is 0 Å². The number of carbonyl (C=O) groups excluding carboxylic acids is 1. The van der Waals surface area contributed by atoms with Crippen LogP contribution in [0.25, 0.3) is 0 Å². The molecular formula is C14H11FN2O4. The first kappa shape index (κ1) is 14.4. The fraction of sp³-hybridized carbons (Fsp3) is 0.0714. The quantitative estimate of drug-likeness (QED) is 0.901. The van der Waals surface area contributed by atoms with Crippen molar-refractivity contribution in [1.82, 2.24) is 4.98 Å². The summed E-state index contributed by atoms with van der Waals surface area (Å²) < 4.78 is 18.4. The van der Waals surface area contributed by atoms with E-state index < -0.39 is 23.3 Å². The van der Waals surface area contributed by atoms with E-state index >= 15 is 0 Å². The van der Waals surface area contributed by atoms with Crippen LogP contribution in [0.1, 0.15) is 20.7 Å². The molecule has 1 aromatic heterocycles. The monoisotopic (exact) mass is 290 g/mol. The second kappa shape index (κ2) is 6.00. The molecule has 0 fully saturated rings. The maximum atomic E-state index is 13.5. The first-order valence-corrected chi connectivity index (χ1v) is 5.86. The lowest BCUT2D eigenvalue weighted by Gasteiger charge is -2.09. The molecule has 1 heterocycles. The highest BCUT2D eigenvalue weighted by Gasteiger charge is 2.18. The van der Waals surface area contributed by atoms with Gasteiger partial charge in [-0.2, -0.15) is 0 Å². The summed E-state index contributed by atoms with van der Waals surface area (Å²) in [4.78, 5) is 26.9. The van der Waals surface area contributed by atoms with Gasteiger partial charge in [0.15, 0.2) is 0 Å². The van der Waals surface area contributed by atoms with Crippen molar-refractivity contribution in [2.75, 3.05) is 12.4 Å². The molecule has 0 saturated heterocycles. The summed E-state index contributed by atoms with van der Waals surface area (Å²) in [6, 6.07) is 6.57. The number of carbonyl (C=O) groups is 2.